The molecule has 2 aromatic heterocycles. The van der Waals surface area contributed by atoms with Crippen molar-refractivity contribution in [3.8, 4) is 11.6 Å². The molecule has 0 saturated heterocycles. The minimum atomic E-state index is -4.01. The van der Waals surface area contributed by atoms with Gasteiger partial charge in [0.2, 0.25) is 15.9 Å². The van der Waals surface area contributed by atoms with Crippen LogP contribution in [0.1, 0.15) is 10.4 Å². The average molecular weight is 422 g/mol. The molecule has 3 aromatic rings. The first-order valence-corrected chi connectivity index (χ1v) is 10.4. The first-order valence-electron chi connectivity index (χ1n) is 8.05. The molecular formula is C17H18N4O5S2. The van der Waals surface area contributed by atoms with Gasteiger partial charge in [-0.05, 0) is 37.6 Å². The van der Waals surface area contributed by atoms with Gasteiger partial charge in [0.25, 0.3) is 5.91 Å². The number of nitrogens with zero attached hydrogens (tertiary/aromatic N) is 2. The fourth-order valence-electron chi connectivity index (χ4n) is 2.57. The van der Waals surface area contributed by atoms with Crippen molar-refractivity contribution in [2.75, 3.05) is 19.0 Å². The number of hydrogen-bond acceptors (Lipinski definition) is 8. The highest BCUT2D eigenvalue weighted by Crippen LogP contribution is 2.33. The van der Waals surface area contributed by atoms with Crippen LogP contribution in [0.15, 0.2) is 29.4 Å². The Balaban J connectivity index is 1.75. The van der Waals surface area contributed by atoms with E-state index in [9.17, 15) is 13.2 Å². The van der Waals surface area contributed by atoms with Crippen LogP contribution in [-0.4, -0.2) is 38.0 Å². The molecule has 3 N–H and O–H groups in total. The predicted octanol–water partition coefficient (Wildman–Crippen LogP) is 1.98. The van der Waals surface area contributed by atoms with E-state index in [1.807, 2.05) is 13.8 Å². The average Bonchev–Trinajstić information content (AvgIpc) is 2.94. The van der Waals surface area contributed by atoms with E-state index < -0.39 is 15.9 Å². The number of hydrogen-bond donors (Lipinski definition) is 2. The predicted molar refractivity (Wildman–Crippen MR) is 105 cm³/mol. The van der Waals surface area contributed by atoms with E-state index >= 15 is 0 Å². The SMILES string of the molecule is COc1ccc(NC(=O)COc2ncnc3sc(C)c(C)c23)cc1S(N)(=O)=O. The van der Waals surface area contributed by atoms with Crippen molar-refractivity contribution in [2.24, 2.45) is 5.14 Å². The van der Waals surface area contributed by atoms with Crippen LogP contribution in [0.4, 0.5) is 5.69 Å². The van der Waals surface area contributed by atoms with Crippen LogP contribution >= 0.6 is 11.3 Å². The largest absolute Gasteiger partial charge is 0.495 e. The maximum atomic E-state index is 12.2. The Kier molecular flexibility index (Phi) is 5.49. The van der Waals surface area contributed by atoms with E-state index in [4.69, 9.17) is 14.6 Å². The summed E-state index contributed by atoms with van der Waals surface area (Å²) in [7, 11) is -2.68. The molecule has 0 aliphatic rings. The second-order valence-corrected chi connectivity index (χ2v) is 8.62. The molecule has 28 heavy (non-hydrogen) atoms. The molecular weight excluding hydrogens is 404 g/mol. The van der Waals surface area contributed by atoms with Gasteiger partial charge in [0, 0.05) is 10.6 Å². The summed E-state index contributed by atoms with van der Waals surface area (Å²) in [5.74, 6) is -0.0766. The highest BCUT2D eigenvalue weighted by Gasteiger charge is 2.17. The van der Waals surface area contributed by atoms with Crippen molar-refractivity contribution < 1.29 is 22.7 Å². The van der Waals surface area contributed by atoms with Crippen molar-refractivity contribution in [3.63, 3.8) is 0 Å². The van der Waals surface area contributed by atoms with Gasteiger partial charge in [0.05, 0.1) is 12.5 Å². The molecule has 0 spiro atoms. The minimum Gasteiger partial charge on any atom is -0.495 e. The lowest BCUT2D eigenvalue weighted by Crippen LogP contribution is -2.21. The van der Waals surface area contributed by atoms with Gasteiger partial charge in [-0.15, -0.1) is 11.3 Å². The van der Waals surface area contributed by atoms with Crippen molar-refractivity contribution in [1.82, 2.24) is 9.97 Å². The second kappa shape index (κ2) is 7.70. The monoisotopic (exact) mass is 422 g/mol. The van der Waals surface area contributed by atoms with Gasteiger partial charge in [0.1, 0.15) is 21.8 Å². The molecule has 0 atom stereocenters. The number of carbonyl (C=O) groups excluding carboxylic acids is 1. The van der Waals surface area contributed by atoms with Gasteiger partial charge < -0.3 is 14.8 Å². The quantitative estimate of drug-likeness (QED) is 0.620. The Labute approximate surface area is 165 Å². The summed E-state index contributed by atoms with van der Waals surface area (Å²) in [4.78, 5) is 22.2. The van der Waals surface area contributed by atoms with Crippen LogP contribution in [0, 0.1) is 13.8 Å². The van der Waals surface area contributed by atoms with E-state index in [0.717, 1.165) is 20.7 Å². The number of methoxy groups -OCH3 is 1. The third-order valence-electron chi connectivity index (χ3n) is 4.02. The molecule has 0 fully saturated rings. The van der Waals surface area contributed by atoms with Gasteiger partial charge in [-0.25, -0.2) is 23.5 Å². The first kappa shape index (κ1) is 20.0. The van der Waals surface area contributed by atoms with E-state index in [-0.39, 0.29) is 22.9 Å². The number of amides is 1. The van der Waals surface area contributed by atoms with E-state index in [1.54, 1.807) is 0 Å². The second-order valence-electron chi connectivity index (χ2n) is 5.89. The summed E-state index contributed by atoms with van der Waals surface area (Å²) >= 11 is 1.52. The molecule has 0 unspecified atom stereocenters. The molecule has 11 heteroatoms. The molecule has 0 bridgehead atoms. The van der Waals surface area contributed by atoms with Crippen molar-refractivity contribution in [1.29, 1.82) is 0 Å². The van der Waals surface area contributed by atoms with Crippen LogP contribution in [0.25, 0.3) is 10.2 Å². The number of anilines is 1. The van der Waals surface area contributed by atoms with Crippen LogP contribution in [0.3, 0.4) is 0 Å². The number of rotatable bonds is 6. The van der Waals surface area contributed by atoms with Crippen molar-refractivity contribution in [3.05, 3.63) is 35.0 Å². The number of nitrogens with two attached hydrogens (primary N) is 1. The summed E-state index contributed by atoms with van der Waals surface area (Å²) in [5.41, 5.74) is 1.25. The van der Waals surface area contributed by atoms with E-state index in [0.29, 0.717) is 5.88 Å². The van der Waals surface area contributed by atoms with Gasteiger partial charge >= 0.3 is 0 Å². The normalized spacial score (nSPS) is 11.4. The maximum absolute atomic E-state index is 12.2. The number of carbonyl (C=O) groups is 1. The van der Waals surface area contributed by atoms with Crippen LogP contribution in [0.2, 0.25) is 0 Å². The minimum absolute atomic E-state index is 0.0865. The standard InChI is InChI=1S/C17H18N4O5S2/c1-9-10(2)27-17-15(9)16(19-8-20-17)26-7-14(22)21-11-4-5-12(25-3)13(6-11)28(18,23)24/h4-6,8H,7H2,1-3H3,(H,21,22)(H2,18,23,24). The molecule has 0 aliphatic heterocycles. The lowest BCUT2D eigenvalue weighted by atomic mass is 10.2. The molecule has 0 radical (unpaired) electrons. The number of fused-ring (bicyclic) bond motifs is 1. The smallest absolute Gasteiger partial charge is 0.262 e. The van der Waals surface area contributed by atoms with Crippen LogP contribution < -0.4 is 19.9 Å². The maximum Gasteiger partial charge on any atom is 0.262 e. The number of aryl methyl sites for hydroxylation is 2. The fraction of sp³-hybridized carbons (Fsp3) is 0.235. The molecule has 1 amide bonds. The third-order valence-corrected chi connectivity index (χ3v) is 6.07. The third kappa shape index (κ3) is 4.06. The number of benzene rings is 1. The number of nitrogens with one attached hydrogen (secondary N) is 1. The lowest BCUT2D eigenvalue weighted by Gasteiger charge is -2.11. The molecule has 3 rings (SSSR count). The van der Waals surface area contributed by atoms with Gasteiger partial charge in [-0.2, -0.15) is 0 Å². The summed E-state index contributed by atoms with van der Waals surface area (Å²) in [6.45, 7) is 3.61. The molecule has 0 aliphatic carbocycles. The highest BCUT2D eigenvalue weighted by atomic mass is 32.2. The zero-order valence-electron chi connectivity index (χ0n) is 15.3. The molecule has 9 nitrogen and oxygen atoms in total. The van der Waals surface area contributed by atoms with Crippen LogP contribution in [0.5, 0.6) is 11.6 Å². The highest BCUT2D eigenvalue weighted by molar-refractivity contribution is 7.89. The van der Waals surface area contributed by atoms with Crippen molar-refractivity contribution >= 4 is 43.2 Å². The zero-order valence-corrected chi connectivity index (χ0v) is 17.0. The Bertz CT molecular complexity index is 1160. The number of aromatic nitrogens is 2. The molecule has 0 saturated carbocycles. The molecule has 2 heterocycles. The summed E-state index contributed by atoms with van der Waals surface area (Å²) in [6.07, 6.45) is 1.38. The number of sulfonamides is 1. The lowest BCUT2D eigenvalue weighted by molar-refractivity contribution is -0.118. The number of thiophene rings is 1. The Hall–Kier alpha value is -2.76. The van der Waals surface area contributed by atoms with Crippen molar-refractivity contribution in [2.45, 2.75) is 18.7 Å². The Morgan fingerprint density at radius 1 is 1.29 bits per heavy atom. The Morgan fingerprint density at radius 3 is 2.71 bits per heavy atom. The molecule has 148 valence electrons. The van der Waals surface area contributed by atoms with Gasteiger partial charge in [-0.3, -0.25) is 4.79 Å². The fourth-order valence-corrected chi connectivity index (χ4v) is 4.28. The van der Waals surface area contributed by atoms with Gasteiger partial charge in [0.15, 0.2) is 6.61 Å². The Morgan fingerprint density at radius 2 is 2.04 bits per heavy atom. The van der Waals surface area contributed by atoms with E-state index in [1.165, 1.54) is 43.0 Å². The number of primary sulfonamides is 1. The van der Waals surface area contributed by atoms with Gasteiger partial charge in [-0.1, -0.05) is 0 Å². The molecule has 1 aromatic carbocycles. The number of ether oxygens (including phenoxy) is 2. The first-order chi connectivity index (χ1) is 13.2. The van der Waals surface area contributed by atoms with E-state index in [2.05, 4.69) is 15.3 Å². The van der Waals surface area contributed by atoms with Crippen LogP contribution in [-0.2, 0) is 14.8 Å². The topological polar surface area (TPSA) is 134 Å². The summed E-state index contributed by atoms with van der Waals surface area (Å²) in [5, 5.41) is 8.52. The summed E-state index contributed by atoms with van der Waals surface area (Å²) < 4.78 is 33.9. The summed E-state index contributed by atoms with van der Waals surface area (Å²) in [6, 6.07) is 4.13. The zero-order chi connectivity index (χ0) is 20.5.